The molecule has 0 aliphatic rings. The van der Waals surface area contributed by atoms with Crippen LogP contribution < -0.4 is 5.32 Å². The van der Waals surface area contributed by atoms with Crippen molar-refractivity contribution in [2.24, 2.45) is 0 Å². The minimum Gasteiger partial charge on any atom is -0.444 e. The van der Waals surface area contributed by atoms with Gasteiger partial charge in [0.1, 0.15) is 11.4 Å². The van der Waals surface area contributed by atoms with Gasteiger partial charge in [-0.1, -0.05) is 65.7 Å². The van der Waals surface area contributed by atoms with Crippen molar-refractivity contribution in [3.05, 3.63) is 100 Å². The molecule has 3 aromatic carbocycles. The SMILES string of the molecule is Cc1ccc(NC(=O)C(OC(=O)c2c(F)cccc2Cl)c2ccccc2)cc1. The van der Waals surface area contributed by atoms with Crippen LogP contribution >= 0.6 is 11.6 Å². The monoisotopic (exact) mass is 397 g/mol. The van der Waals surface area contributed by atoms with Gasteiger partial charge >= 0.3 is 5.97 Å². The molecular formula is C22H17ClFNO3. The predicted octanol–water partition coefficient (Wildman–Crippen LogP) is 5.32. The van der Waals surface area contributed by atoms with Crippen LogP contribution in [0.25, 0.3) is 0 Å². The quantitative estimate of drug-likeness (QED) is 0.592. The Labute approximate surface area is 166 Å². The molecule has 0 radical (unpaired) electrons. The molecule has 1 atom stereocenters. The van der Waals surface area contributed by atoms with E-state index < -0.39 is 29.4 Å². The van der Waals surface area contributed by atoms with E-state index in [0.29, 0.717) is 11.3 Å². The van der Waals surface area contributed by atoms with Crippen LogP contribution in [0, 0.1) is 12.7 Å². The van der Waals surface area contributed by atoms with E-state index in [1.807, 2.05) is 19.1 Å². The van der Waals surface area contributed by atoms with Gasteiger partial charge < -0.3 is 10.1 Å². The van der Waals surface area contributed by atoms with Crippen molar-refractivity contribution in [1.29, 1.82) is 0 Å². The van der Waals surface area contributed by atoms with Crippen LogP contribution in [0.2, 0.25) is 5.02 Å². The number of esters is 1. The highest BCUT2D eigenvalue weighted by molar-refractivity contribution is 6.33. The fourth-order valence-corrected chi connectivity index (χ4v) is 2.84. The van der Waals surface area contributed by atoms with Crippen LogP contribution in [0.1, 0.15) is 27.6 Å². The molecule has 1 N–H and O–H groups in total. The average Bonchev–Trinajstić information content (AvgIpc) is 2.68. The van der Waals surface area contributed by atoms with Crippen molar-refractivity contribution in [2.75, 3.05) is 5.32 Å². The Morgan fingerprint density at radius 1 is 0.964 bits per heavy atom. The number of halogens is 2. The number of benzene rings is 3. The van der Waals surface area contributed by atoms with E-state index in [0.717, 1.165) is 11.6 Å². The van der Waals surface area contributed by atoms with Crippen LogP contribution in [-0.4, -0.2) is 11.9 Å². The molecule has 0 bridgehead atoms. The van der Waals surface area contributed by atoms with E-state index in [2.05, 4.69) is 5.32 Å². The first-order valence-electron chi connectivity index (χ1n) is 8.53. The maximum absolute atomic E-state index is 14.1. The topological polar surface area (TPSA) is 55.4 Å². The molecule has 0 spiro atoms. The summed E-state index contributed by atoms with van der Waals surface area (Å²) in [6.45, 7) is 1.93. The Hall–Kier alpha value is -3.18. The van der Waals surface area contributed by atoms with E-state index >= 15 is 0 Å². The lowest BCUT2D eigenvalue weighted by Gasteiger charge is -2.18. The number of ether oxygens (including phenoxy) is 1. The standard InChI is InChI=1S/C22H17ClFNO3/c1-14-10-12-16(13-11-14)25-21(26)20(15-6-3-2-4-7-15)28-22(27)19-17(23)8-5-9-18(19)24/h2-13,20H,1H3,(H,25,26). The Balaban J connectivity index is 1.88. The molecule has 4 nitrogen and oxygen atoms in total. The number of hydrogen-bond donors (Lipinski definition) is 1. The molecule has 142 valence electrons. The fourth-order valence-electron chi connectivity index (χ4n) is 2.60. The van der Waals surface area contributed by atoms with Gasteiger partial charge in [0.15, 0.2) is 0 Å². The number of carbonyl (C=O) groups excluding carboxylic acids is 2. The lowest BCUT2D eigenvalue weighted by atomic mass is 10.1. The Kier molecular flexibility index (Phi) is 6.06. The minimum atomic E-state index is -1.27. The van der Waals surface area contributed by atoms with Crippen LogP contribution in [0.3, 0.4) is 0 Å². The molecule has 0 fully saturated rings. The Bertz CT molecular complexity index is 970. The Morgan fingerprint density at radius 2 is 1.64 bits per heavy atom. The summed E-state index contributed by atoms with van der Waals surface area (Å²) in [6.07, 6.45) is -1.27. The molecule has 0 saturated heterocycles. The summed E-state index contributed by atoms with van der Waals surface area (Å²) in [5, 5.41) is 2.62. The van der Waals surface area contributed by atoms with Gasteiger partial charge in [-0.25, -0.2) is 9.18 Å². The molecule has 1 unspecified atom stereocenters. The highest BCUT2D eigenvalue weighted by atomic mass is 35.5. The number of anilines is 1. The van der Waals surface area contributed by atoms with Crippen molar-refractivity contribution >= 4 is 29.2 Å². The number of amides is 1. The molecular weight excluding hydrogens is 381 g/mol. The highest BCUT2D eigenvalue weighted by Gasteiger charge is 2.28. The summed E-state index contributed by atoms with van der Waals surface area (Å²) in [7, 11) is 0. The molecule has 0 aliphatic carbocycles. The lowest BCUT2D eigenvalue weighted by molar-refractivity contribution is -0.125. The second kappa shape index (κ2) is 8.67. The third-order valence-electron chi connectivity index (χ3n) is 4.05. The molecule has 1 amide bonds. The Morgan fingerprint density at radius 3 is 2.29 bits per heavy atom. The summed E-state index contributed by atoms with van der Waals surface area (Å²) in [5.74, 6) is -2.39. The zero-order valence-electron chi connectivity index (χ0n) is 15.0. The number of nitrogens with one attached hydrogen (secondary N) is 1. The van der Waals surface area contributed by atoms with Crippen molar-refractivity contribution in [3.8, 4) is 0 Å². The summed E-state index contributed by atoms with van der Waals surface area (Å²) in [6, 6.07) is 19.5. The van der Waals surface area contributed by atoms with E-state index in [4.69, 9.17) is 16.3 Å². The first kappa shape index (κ1) is 19.6. The third-order valence-corrected chi connectivity index (χ3v) is 4.37. The normalized spacial score (nSPS) is 11.5. The van der Waals surface area contributed by atoms with Gasteiger partial charge in [-0.05, 0) is 31.2 Å². The van der Waals surface area contributed by atoms with Crippen molar-refractivity contribution in [2.45, 2.75) is 13.0 Å². The van der Waals surface area contributed by atoms with Gasteiger partial charge in [0.25, 0.3) is 5.91 Å². The second-order valence-corrected chi connectivity index (χ2v) is 6.56. The minimum absolute atomic E-state index is 0.0873. The lowest BCUT2D eigenvalue weighted by Crippen LogP contribution is -2.26. The van der Waals surface area contributed by atoms with Crippen LogP contribution in [0.4, 0.5) is 10.1 Å². The van der Waals surface area contributed by atoms with Crippen molar-refractivity contribution in [3.63, 3.8) is 0 Å². The average molecular weight is 398 g/mol. The van der Waals surface area contributed by atoms with E-state index in [1.54, 1.807) is 42.5 Å². The smallest absolute Gasteiger partial charge is 0.343 e. The van der Waals surface area contributed by atoms with Crippen molar-refractivity contribution in [1.82, 2.24) is 0 Å². The molecule has 28 heavy (non-hydrogen) atoms. The summed E-state index contributed by atoms with van der Waals surface area (Å²) < 4.78 is 19.4. The van der Waals surface area contributed by atoms with Gasteiger partial charge in [-0.15, -0.1) is 0 Å². The summed E-state index contributed by atoms with van der Waals surface area (Å²) >= 11 is 5.94. The molecule has 0 aliphatic heterocycles. The van der Waals surface area contributed by atoms with Gasteiger partial charge in [0.2, 0.25) is 6.10 Å². The van der Waals surface area contributed by atoms with Gasteiger partial charge in [-0.2, -0.15) is 0 Å². The maximum Gasteiger partial charge on any atom is 0.343 e. The first-order valence-corrected chi connectivity index (χ1v) is 8.91. The van der Waals surface area contributed by atoms with Crippen LogP contribution in [-0.2, 0) is 9.53 Å². The third kappa shape index (κ3) is 4.56. The predicted molar refractivity (Wildman–Crippen MR) is 106 cm³/mol. The van der Waals surface area contributed by atoms with Crippen LogP contribution in [0.15, 0.2) is 72.8 Å². The number of hydrogen-bond acceptors (Lipinski definition) is 3. The molecule has 3 aromatic rings. The second-order valence-electron chi connectivity index (χ2n) is 6.15. The van der Waals surface area contributed by atoms with Gasteiger partial charge in [-0.3, -0.25) is 4.79 Å². The number of aryl methyl sites for hydroxylation is 1. The largest absolute Gasteiger partial charge is 0.444 e. The van der Waals surface area contributed by atoms with E-state index in [-0.39, 0.29) is 5.02 Å². The van der Waals surface area contributed by atoms with Crippen LogP contribution in [0.5, 0.6) is 0 Å². The molecule has 6 heteroatoms. The van der Waals surface area contributed by atoms with Gasteiger partial charge in [0, 0.05) is 11.3 Å². The summed E-state index contributed by atoms with van der Waals surface area (Å²) in [5.41, 5.74) is 1.64. The van der Waals surface area contributed by atoms with E-state index in [9.17, 15) is 14.0 Å². The van der Waals surface area contributed by atoms with Gasteiger partial charge in [0.05, 0.1) is 5.02 Å². The fraction of sp³-hybridized carbons (Fsp3) is 0.0909. The molecule has 3 rings (SSSR count). The zero-order chi connectivity index (χ0) is 20.1. The van der Waals surface area contributed by atoms with Crippen molar-refractivity contribution < 1.29 is 18.7 Å². The number of rotatable bonds is 5. The molecule has 0 aromatic heterocycles. The molecule has 0 heterocycles. The first-order chi connectivity index (χ1) is 13.5. The highest BCUT2D eigenvalue weighted by Crippen LogP contribution is 2.25. The molecule has 0 saturated carbocycles. The maximum atomic E-state index is 14.1. The number of carbonyl (C=O) groups is 2. The summed E-state index contributed by atoms with van der Waals surface area (Å²) in [4.78, 5) is 25.4. The zero-order valence-corrected chi connectivity index (χ0v) is 15.7. The van der Waals surface area contributed by atoms with E-state index in [1.165, 1.54) is 12.1 Å².